The Kier molecular flexibility index (Phi) is 5.30. The second-order valence-corrected chi connectivity index (χ2v) is 6.36. The molecule has 100 valence electrons. The molecule has 2 nitrogen and oxygen atoms in total. The van der Waals surface area contributed by atoms with Crippen LogP contribution in [-0.4, -0.2) is 18.6 Å². The summed E-state index contributed by atoms with van der Waals surface area (Å²) in [6.45, 7) is 3.28. The Morgan fingerprint density at radius 2 is 1.76 bits per heavy atom. The first-order valence-electron chi connectivity index (χ1n) is 7.75. The molecule has 0 saturated heterocycles. The number of rotatable bonds is 3. The van der Waals surface area contributed by atoms with Crippen LogP contribution in [0.15, 0.2) is 0 Å². The minimum Gasteiger partial charge on any atom is -0.330 e. The van der Waals surface area contributed by atoms with E-state index in [4.69, 9.17) is 5.73 Å². The van der Waals surface area contributed by atoms with Gasteiger partial charge < -0.3 is 11.1 Å². The highest BCUT2D eigenvalue weighted by atomic mass is 15.0. The Bertz CT molecular complexity index is 217. The Morgan fingerprint density at radius 3 is 2.59 bits per heavy atom. The van der Waals surface area contributed by atoms with Gasteiger partial charge in [0, 0.05) is 12.1 Å². The molecule has 0 aromatic heterocycles. The van der Waals surface area contributed by atoms with E-state index in [0.717, 1.165) is 24.4 Å². The SMILES string of the molecule is CC1CCCC(NC2CCCCC2CN)CC1. The minimum absolute atomic E-state index is 0.715. The molecule has 0 amide bonds. The van der Waals surface area contributed by atoms with Crippen molar-refractivity contribution in [1.82, 2.24) is 5.32 Å². The van der Waals surface area contributed by atoms with Crippen molar-refractivity contribution in [3.63, 3.8) is 0 Å². The topological polar surface area (TPSA) is 38.0 Å². The lowest BCUT2D eigenvalue weighted by Crippen LogP contribution is -2.46. The normalized spacial score (nSPS) is 39.9. The molecule has 2 heteroatoms. The second-order valence-electron chi connectivity index (χ2n) is 6.36. The van der Waals surface area contributed by atoms with Gasteiger partial charge in [-0.25, -0.2) is 0 Å². The fourth-order valence-corrected chi connectivity index (χ4v) is 3.67. The lowest BCUT2D eigenvalue weighted by atomic mass is 9.84. The summed E-state index contributed by atoms with van der Waals surface area (Å²) < 4.78 is 0. The van der Waals surface area contributed by atoms with Gasteiger partial charge in [-0.1, -0.05) is 32.6 Å². The van der Waals surface area contributed by atoms with E-state index < -0.39 is 0 Å². The fraction of sp³-hybridized carbons (Fsp3) is 1.00. The average molecular weight is 238 g/mol. The predicted octanol–water partition coefficient (Wildman–Crippen LogP) is 3.06. The maximum absolute atomic E-state index is 5.91. The van der Waals surface area contributed by atoms with Crippen molar-refractivity contribution in [3.8, 4) is 0 Å². The third kappa shape index (κ3) is 3.96. The van der Waals surface area contributed by atoms with Crippen molar-refractivity contribution < 1.29 is 0 Å². The maximum atomic E-state index is 5.91. The van der Waals surface area contributed by atoms with Gasteiger partial charge in [-0.3, -0.25) is 0 Å². The van der Waals surface area contributed by atoms with Gasteiger partial charge in [0.1, 0.15) is 0 Å². The zero-order valence-electron chi connectivity index (χ0n) is 11.5. The van der Waals surface area contributed by atoms with Crippen molar-refractivity contribution >= 4 is 0 Å². The van der Waals surface area contributed by atoms with Gasteiger partial charge in [-0.2, -0.15) is 0 Å². The molecule has 0 radical (unpaired) electrons. The van der Waals surface area contributed by atoms with E-state index in [1.807, 2.05) is 0 Å². The number of hydrogen-bond donors (Lipinski definition) is 2. The van der Waals surface area contributed by atoms with Gasteiger partial charge in [0.05, 0.1) is 0 Å². The third-order valence-electron chi connectivity index (χ3n) is 4.92. The quantitative estimate of drug-likeness (QED) is 0.742. The first-order chi connectivity index (χ1) is 8.29. The smallest absolute Gasteiger partial charge is 0.0110 e. The molecule has 2 fully saturated rings. The zero-order valence-corrected chi connectivity index (χ0v) is 11.5. The Labute approximate surface area is 107 Å². The van der Waals surface area contributed by atoms with Crippen molar-refractivity contribution in [2.45, 2.75) is 76.8 Å². The molecule has 0 heterocycles. The molecule has 2 saturated carbocycles. The molecular weight excluding hydrogens is 208 g/mol. The van der Waals surface area contributed by atoms with Crippen molar-refractivity contribution in [2.75, 3.05) is 6.54 Å². The van der Waals surface area contributed by atoms with Crippen LogP contribution >= 0.6 is 0 Å². The van der Waals surface area contributed by atoms with Crippen LogP contribution in [0.2, 0.25) is 0 Å². The maximum Gasteiger partial charge on any atom is 0.0110 e. The summed E-state index contributed by atoms with van der Waals surface area (Å²) in [5.74, 6) is 1.68. The van der Waals surface area contributed by atoms with Crippen molar-refractivity contribution in [3.05, 3.63) is 0 Å². The molecule has 2 aliphatic rings. The summed E-state index contributed by atoms with van der Waals surface area (Å²) in [5, 5.41) is 3.94. The molecule has 4 atom stereocenters. The van der Waals surface area contributed by atoms with Crippen LogP contribution < -0.4 is 11.1 Å². The molecule has 0 aromatic carbocycles. The van der Waals surface area contributed by atoms with Crippen LogP contribution in [0.4, 0.5) is 0 Å². The van der Waals surface area contributed by atoms with Crippen LogP contribution in [0, 0.1) is 11.8 Å². The van der Waals surface area contributed by atoms with Gasteiger partial charge >= 0.3 is 0 Å². The zero-order chi connectivity index (χ0) is 12.1. The monoisotopic (exact) mass is 238 g/mol. The summed E-state index contributed by atoms with van der Waals surface area (Å²) in [7, 11) is 0. The predicted molar refractivity (Wildman–Crippen MR) is 74.0 cm³/mol. The molecule has 3 N–H and O–H groups in total. The first-order valence-corrected chi connectivity index (χ1v) is 7.75. The van der Waals surface area contributed by atoms with E-state index in [0.29, 0.717) is 6.04 Å². The highest BCUT2D eigenvalue weighted by Crippen LogP contribution is 2.27. The number of nitrogens with one attached hydrogen (secondary N) is 1. The van der Waals surface area contributed by atoms with Gasteiger partial charge in [-0.05, 0) is 50.5 Å². The van der Waals surface area contributed by atoms with Crippen LogP contribution in [0.25, 0.3) is 0 Å². The van der Waals surface area contributed by atoms with Crippen molar-refractivity contribution in [2.24, 2.45) is 17.6 Å². The van der Waals surface area contributed by atoms with E-state index in [1.165, 1.54) is 57.8 Å². The highest BCUT2D eigenvalue weighted by Gasteiger charge is 2.26. The van der Waals surface area contributed by atoms with E-state index in [9.17, 15) is 0 Å². The molecule has 17 heavy (non-hydrogen) atoms. The number of nitrogens with two attached hydrogens (primary N) is 1. The highest BCUT2D eigenvalue weighted by molar-refractivity contribution is 4.85. The van der Waals surface area contributed by atoms with Crippen LogP contribution in [-0.2, 0) is 0 Å². The van der Waals surface area contributed by atoms with Crippen LogP contribution in [0.5, 0.6) is 0 Å². The van der Waals surface area contributed by atoms with E-state index in [2.05, 4.69) is 12.2 Å². The Morgan fingerprint density at radius 1 is 0.941 bits per heavy atom. The average Bonchev–Trinajstić information content (AvgIpc) is 2.55. The molecule has 0 bridgehead atoms. The first kappa shape index (κ1) is 13.4. The largest absolute Gasteiger partial charge is 0.330 e. The third-order valence-corrected chi connectivity index (χ3v) is 4.92. The molecular formula is C15H30N2. The summed E-state index contributed by atoms with van der Waals surface area (Å²) in [6.07, 6.45) is 12.5. The second kappa shape index (κ2) is 6.75. The van der Waals surface area contributed by atoms with E-state index >= 15 is 0 Å². The summed E-state index contributed by atoms with van der Waals surface area (Å²) >= 11 is 0. The molecule has 2 aliphatic carbocycles. The van der Waals surface area contributed by atoms with E-state index in [-0.39, 0.29) is 0 Å². The lowest BCUT2D eigenvalue weighted by molar-refractivity contribution is 0.239. The fourth-order valence-electron chi connectivity index (χ4n) is 3.67. The minimum atomic E-state index is 0.715. The van der Waals surface area contributed by atoms with Gasteiger partial charge in [-0.15, -0.1) is 0 Å². The molecule has 4 unspecified atom stereocenters. The Hall–Kier alpha value is -0.0800. The van der Waals surface area contributed by atoms with Gasteiger partial charge in [0.25, 0.3) is 0 Å². The molecule has 0 aromatic rings. The molecule has 2 rings (SSSR count). The van der Waals surface area contributed by atoms with Gasteiger partial charge in [0.2, 0.25) is 0 Å². The van der Waals surface area contributed by atoms with Crippen LogP contribution in [0.3, 0.4) is 0 Å². The van der Waals surface area contributed by atoms with E-state index in [1.54, 1.807) is 0 Å². The summed E-state index contributed by atoms with van der Waals surface area (Å²) in [5.41, 5.74) is 5.91. The molecule has 0 spiro atoms. The lowest BCUT2D eigenvalue weighted by Gasteiger charge is -2.34. The number of hydrogen-bond acceptors (Lipinski definition) is 2. The van der Waals surface area contributed by atoms with Crippen LogP contribution in [0.1, 0.15) is 64.7 Å². The van der Waals surface area contributed by atoms with Gasteiger partial charge in [0.15, 0.2) is 0 Å². The summed E-state index contributed by atoms with van der Waals surface area (Å²) in [4.78, 5) is 0. The van der Waals surface area contributed by atoms with Crippen molar-refractivity contribution in [1.29, 1.82) is 0 Å². The Balaban J connectivity index is 1.81. The standard InChI is InChI=1S/C15H30N2/c1-12-5-4-7-14(10-9-12)17-15-8-3-2-6-13(15)11-16/h12-15,17H,2-11,16H2,1H3. The molecule has 0 aliphatic heterocycles. The summed E-state index contributed by atoms with van der Waals surface area (Å²) in [6, 6.07) is 1.49.